The molecule has 0 unspecified atom stereocenters. The first kappa shape index (κ1) is 10.6. The summed E-state index contributed by atoms with van der Waals surface area (Å²) in [6.45, 7) is 1.57. The van der Waals surface area contributed by atoms with Crippen LogP contribution in [0.2, 0.25) is 0 Å². The van der Waals surface area contributed by atoms with E-state index in [-0.39, 0.29) is 0 Å². The molecule has 0 fully saturated rings. The van der Waals surface area contributed by atoms with Crippen molar-refractivity contribution >= 4 is 0 Å². The zero-order valence-corrected chi connectivity index (χ0v) is 9.08. The fraction of sp³-hybridized carbons (Fsp3) is 0.444. The SMILES string of the molecule is Cn1cc(OCCn2cc(CN)nn2)cn1. The fourth-order valence-corrected chi connectivity index (χ4v) is 1.27. The van der Waals surface area contributed by atoms with Gasteiger partial charge in [-0.3, -0.25) is 4.68 Å². The summed E-state index contributed by atoms with van der Waals surface area (Å²) < 4.78 is 8.87. The van der Waals surface area contributed by atoms with Gasteiger partial charge in [0.15, 0.2) is 5.75 Å². The average molecular weight is 222 g/mol. The predicted octanol–water partition coefficient (Wildman–Crippen LogP) is -0.451. The van der Waals surface area contributed by atoms with Crippen molar-refractivity contribution < 1.29 is 4.74 Å². The number of ether oxygens (including phenoxy) is 1. The lowest BCUT2D eigenvalue weighted by atomic mass is 10.5. The van der Waals surface area contributed by atoms with Crippen LogP contribution in [0.25, 0.3) is 0 Å². The molecule has 0 spiro atoms. The smallest absolute Gasteiger partial charge is 0.157 e. The van der Waals surface area contributed by atoms with Gasteiger partial charge in [-0.15, -0.1) is 5.10 Å². The summed E-state index contributed by atoms with van der Waals surface area (Å²) in [6.07, 6.45) is 5.30. The summed E-state index contributed by atoms with van der Waals surface area (Å²) in [7, 11) is 1.85. The van der Waals surface area contributed by atoms with E-state index in [9.17, 15) is 0 Å². The molecule has 0 aliphatic rings. The second-order valence-electron chi connectivity index (χ2n) is 3.38. The average Bonchev–Trinajstić information content (AvgIpc) is 2.88. The van der Waals surface area contributed by atoms with Crippen LogP contribution in [0.15, 0.2) is 18.6 Å². The van der Waals surface area contributed by atoms with Crippen LogP contribution in [0.1, 0.15) is 5.69 Å². The molecule has 0 amide bonds. The number of nitrogens with zero attached hydrogens (tertiary/aromatic N) is 5. The van der Waals surface area contributed by atoms with Crippen LogP contribution in [0.3, 0.4) is 0 Å². The van der Waals surface area contributed by atoms with Gasteiger partial charge in [0, 0.05) is 19.8 Å². The molecule has 0 bridgehead atoms. The lowest BCUT2D eigenvalue weighted by Gasteiger charge is -2.02. The van der Waals surface area contributed by atoms with Crippen LogP contribution in [0.5, 0.6) is 5.75 Å². The zero-order valence-electron chi connectivity index (χ0n) is 9.08. The molecule has 0 aliphatic heterocycles. The first-order valence-electron chi connectivity index (χ1n) is 4.98. The molecule has 0 aliphatic carbocycles. The molecule has 16 heavy (non-hydrogen) atoms. The number of hydrogen-bond acceptors (Lipinski definition) is 5. The van der Waals surface area contributed by atoms with E-state index >= 15 is 0 Å². The van der Waals surface area contributed by atoms with Crippen LogP contribution in [-0.4, -0.2) is 31.4 Å². The summed E-state index contributed by atoms with van der Waals surface area (Å²) in [5, 5.41) is 11.8. The number of aromatic nitrogens is 5. The number of hydrogen-bond donors (Lipinski definition) is 1. The van der Waals surface area contributed by atoms with Gasteiger partial charge in [-0.1, -0.05) is 5.21 Å². The van der Waals surface area contributed by atoms with Gasteiger partial charge in [0.1, 0.15) is 6.61 Å². The quantitative estimate of drug-likeness (QED) is 0.740. The summed E-state index contributed by atoms with van der Waals surface area (Å²) in [4.78, 5) is 0. The van der Waals surface area contributed by atoms with Gasteiger partial charge in [-0.05, 0) is 0 Å². The van der Waals surface area contributed by atoms with E-state index in [2.05, 4.69) is 15.4 Å². The summed E-state index contributed by atoms with van der Waals surface area (Å²) in [6, 6.07) is 0. The largest absolute Gasteiger partial charge is 0.488 e. The van der Waals surface area contributed by atoms with Gasteiger partial charge < -0.3 is 10.5 Å². The van der Waals surface area contributed by atoms with E-state index in [0.717, 1.165) is 11.4 Å². The molecule has 2 aromatic heterocycles. The van der Waals surface area contributed by atoms with Gasteiger partial charge in [-0.2, -0.15) is 5.10 Å². The van der Waals surface area contributed by atoms with Gasteiger partial charge in [0.25, 0.3) is 0 Å². The maximum absolute atomic E-state index is 5.47. The number of rotatable bonds is 5. The highest BCUT2D eigenvalue weighted by Crippen LogP contribution is 2.06. The van der Waals surface area contributed by atoms with Crippen molar-refractivity contribution in [2.24, 2.45) is 12.8 Å². The van der Waals surface area contributed by atoms with Crippen molar-refractivity contribution in [2.45, 2.75) is 13.1 Å². The zero-order chi connectivity index (χ0) is 11.4. The standard InChI is InChI=1S/C9H14N6O/c1-14-7-9(5-11-14)16-3-2-15-6-8(4-10)12-13-15/h5-7H,2-4,10H2,1H3. The minimum absolute atomic E-state index is 0.406. The van der Waals surface area contributed by atoms with E-state index < -0.39 is 0 Å². The Morgan fingerprint density at radius 1 is 1.44 bits per heavy atom. The summed E-state index contributed by atoms with van der Waals surface area (Å²) >= 11 is 0. The molecule has 2 aromatic rings. The second kappa shape index (κ2) is 4.75. The maximum Gasteiger partial charge on any atom is 0.157 e. The minimum atomic E-state index is 0.406. The predicted molar refractivity (Wildman–Crippen MR) is 56.6 cm³/mol. The molecular weight excluding hydrogens is 208 g/mol. The second-order valence-corrected chi connectivity index (χ2v) is 3.38. The molecule has 86 valence electrons. The molecule has 2 heterocycles. The Balaban J connectivity index is 1.79. The van der Waals surface area contributed by atoms with E-state index in [4.69, 9.17) is 10.5 Å². The Bertz CT molecular complexity index is 448. The third-order valence-electron chi connectivity index (χ3n) is 2.07. The van der Waals surface area contributed by atoms with Crippen LogP contribution in [0.4, 0.5) is 0 Å². The normalized spacial score (nSPS) is 10.6. The Morgan fingerprint density at radius 3 is 2.94 bits per heavy atom. The van der Waals surface area contributed by atoms with E-state index in [0.29, 0.717) is 19.7 Å². The van der Waals surface area contributed by atoms with E-state index in [1.165, 1.54) is 0 Å². The highest BCUT2D eigenvalue weighted by atomic mass is 16.5. The Morgan fingerprint density at radius 2 is 2.31 bits per heavy atom. The molecular formula is C9H14N6O. The lowest BCUT2D eigenvalue weighted by Crippen LogP contribution is -2.08. The first-order chi connectivity index (χ1) is 7.78. The molecule has 0 saturated heterocycles. The van der Waals surface area contributed by atoms with Crippen LogP contribution < -0.4 is 10.5 Å². The number of aryl methyl sites for hydroxylation is 1. The summed E-state index contributed by atoms with van der Waals surface area (Å²) in [5.74, 6) is 0.752. The highest BCUT2D eigenvalue weighted by Gasteiger charge is 2.00. The van der Waals surface area contributed by atoms with Crippen LogP contribution in [-0.2, 0) is 20.1 Å². The third-order valence-corrected chi connectivity index (χ3v) is 2.07. The van der Waals surface area contributed by atoms with Crippen LogP contribution in [0, 0.1) is 0 Å². The third kappa shape index (κ3) is 2.57. The maximum atomic E-state index is 5.47. The Labute approximate surface area is 92.8 Å². The molecule has 7 nitrogen and oxygen atoms in total. The van der Waals surface area contributed by atoms with Gasteiger partial charge in [0.2, 0.25) is 0 Å². The van der Waals surface area contributed by atoms with Crippen molar-refractivity contribution in [3.05, 3.63) is 24.3 Å². The van der Waals surface area contributed by atoms with Gasteiger partial charge >= 0.3 is 0 Å². The highest BCUT2D eigenvalue weighted by molar-refractivity contribution is 5.11. The van der Waals surface area contributed by atoms with Gasteiger partial charge in [-0.25, -0.2) is 4.68 Å². The van der Waals surface area contributed by atoms with E-state index in [1.54, 1.807) is 15.6 Å². The summed E-state index contributed by atoms with van der Waals surface area (Å²) in [5.41, 5.74) is 6.21. The van der Waals surface area contributed by atoms with Crippen molar-refractivity contribution in [3.8, 4) is 5.75 Å². The lowest BCUT2D eigenvalue weighted by molar-refractivity contribution is 0.289. The first-order valence-corrected chi connectivity index (χ1v) is 4.98. The van der Waals surface area contributed by atoms with Crippen molar-refractivity contribution in [2.75, 3.05) is 6.61 Å². The van der Waals surface area contributed by atoms with Gasteiger partial charge in [0.05, 0.1) is 24.6 Å². The topological polar surface area (TPSA) is 83.8 Å². The number of nitrogens with two attached hydrogens (primary N) is 1. The van der Waals surface area contributed by atoms with E-state index in [1.807, 2.05) is 19.4 Å². The Kier molecular flexibility index (Phi) is 3.16. The molecule has 0 aromatic carbocycles. The van der Waals surface area contributed by atoms with Crippen molar-refractivity contribution in [3.63, 3.8) is 0 Å². The van der Waals surface area contributed by atoms with Crippen molar-refractivity contribution in [1.29, 1.82) is 0 Å². The molecule has 2 N–H and O–H groups in total. The molecule has 0 radical (unpaired) electrons. The molecule has 2 rings (SSSR count). The monoisotopic (exact) mass is 222 g/mol. The van der Waals surface area contributed by atoms with Crippen molar-refractivity contribution in [1.82, 2.24) is 24.8 Å². The Hall–Kier alpha value is -1.89. The van der Waals surface area contributed by atoms with Crippen LogP contribution >= 0.6 is 0 Å². The molecule has 0 saturated carbocycles. The molecule has 7 heteroatoms. The fourth-order valence-electron chi connectivity index (χ4n) is 1.27. The molecule has 0 atom stereocenters. The minimum Gasteiger partial charge on any atom is -0.488 e.